The molecule has 1 saturated carbocycles. The monoisotopic (exact) mass is 447 g/mol. The van der Waals surface area contributed by atoms with Crippen LogP contribution in [0.4, 0.5) is 0 Å². The van der Waals surface area contributed by atoms with Crippen LogP contribution in [0.1, 0.15) is 40.8 Å². The number of nitrogens with one attached hydrogen (secondary N) is 1. The molecule has 0 unspecified atom stereocenters. The van der Waals surface area contributed by atoms with Crippen molar-refractivity contribution < 1.29 is 9.32 Å². The fourth-order valence-electron chi connectivity index (χ4n) is 1.74. The molecule has 1 fully saturated rings. The molecule has 0 radical (unpaired) electrons. The molecule has 1 aromatic carbocycles. The number of hydrogen-bond acceptors (Lipinski definition) is 4. The van der Waals surface area contributed by atoms with E-state index in [9.17, 15) is 4.79 Å². The molecule has 7 heteroatoms. The van der Waals surface area contributed by atoms with E-state index in [1.165, 1.54) is 0 Å². The highest BCUT2D eigenvalue weighted by molar-refractivity contribution is 14.1. The quantitative estimate of drug-likeness (QED) is 0.730. The molecule has 0 atom stereocenters. The van der Waals surface area contributed by atoms with Crippen molar-refractivity contribution in [2.75, 3.05) is 0 Å². The molecule has 104 valence electrons. The zero-order valence-corrected chi connectivity index (χ0v) is 14.1. The summed E-state index contributed by atoms with van der Waals surface area (Å²) in [6.45, 7) is 0.252. The zero-order chi connectivity index (χ0) is 14.1. The number of carbonyl (C=O) groups is 1. The standard InChI is InChI=1S/C13H11BrIN3O2/c14-9-5-8(3-4-10(9)15)13(19)16-6-11-17-12(18-20-11)7-1-2-7/h3-5,7H,1-2,6H2,(H,16,19). The minimum absolute atomic E-state index is 0.159. The van der Waals surface area contributed by atoms with Crippen molar-refractivity contribution >= 4 is 44.4 Å². The summed E-state index contributed by atoms with van der Waals surface area (Å²) >= 11 is 5.61. The van der Waals surface area contributed by atoms with Crippen molar-refractivity contribution in [1.29, 1.82) is 0 Å². The molecule has 1 aliphatic rings. The van der Waals surface area contributed by atoms with Crippen LogP contribution in [-0.2, 0) is 6.54 Å². The van der Waals surface area contributed by atoms with Crippen LogP contribution in [0.5, 0.6) is 0 Å². The van der Waals surface area contributed by atoms with Gasteiger partial charge in [0.1, 0.15) is 0 Å². The summed E-state index contributed by atoms with van der Waals surface area (Å²) < 4.78 is 7.07. The van der Waals surface area contributed by atoms with E-state index in [1.54, 1.807) is 12.1 Å². The molecular weight excluding hydrogens is 437 g/mol. The van der Waals surface area contributed by atoms with Crippen LogP contribution >= 0.6 is 38.5 Å². The van der Waals surface area contributed by atoms with Gasteiger partial charge in [-0.2, -0.15) is 4.98 Å². The number of rotatable bonds is 4. The van der Waals surface area contributed by atoms with Gasteiger partial charge in [0.2, 0.25) is 5.89 Å². The van der Waals surface area contributed by atoms with E-state index in [1.807, 2.05) is 6.07 Å². The van der Waals surface area contributed by atoms with E-state index < -0.39 is 0 Å². The van der Waals surface area contributed by atoms with E-state index in [0.29, 0.717) is 17.4 Å². The van der Waals surface area contributed by atoms with Gasteiger partial charge in [0.05, 0.1) is 6.54 Å². The molecule has 0 bridgehead atoms. The van der Waals surface area contributed by atoms with Gasteiger partial charge in [-0.3, -0.25) is 4.79 Å². The van der Waals surface area contributed by atoms with Gasteiger partial charge in [0.15, 0.2) is 5.82 Å². The molecule has 1 amide bonds. The van der Waals surface area contributed by atoms with Crippen LogP contribution in [0.2, 0.25) is 0 Å². The van der Waals surface area contributed by atoms with Crippen molar-refractivity contribution in [1.82, 2.24) is 15.5 Å². The van der Waals surface area contributed by atoms with Gasteiger partial charge in [-0.25, -0.2) is 0 Å². The molecule has 1 heterocycles. The number of benzene rings is 1. The number of nitrogens with zero attached hydrogens (tertiary/aromatic N) is 2. The minimum atomic E-state index is -0.159. The Morgan fingerprint density at radius 2 is 2.30 bits per heavy atom. The molecule has 5 nitrogen and oxygen atoms in total. The van der Waals surface area contributed by atoms with Crippen LogP contribution in [0, 0.1) is 3.57 Å². The van der Waals surface area contributed by atoms with Crippen molar-refractivity contribution in [2.45, 2.75) is 25.3 Å². The smallest absolute Gasteiger partial charge is 0.251 e. The normalized spacial score (nSPS) is 14.3. The van der Waals surface area contributed by atoms with Crippen LogP contribution in [0.3, 0.4) is 0 Å². The third-order valence-corrected chi connectivity index (χ3v) is 5.35. The van der Waals surface area contributed by atoms with Gasteiger partial charge in [0.25, 0.3) is 5.91 Å². The van der Waals surface area contributed by atoms with Crippen molar-refractivity contribution in [3.8, 4) is 0 Å². The zero-order valence-electron chi connectivity index (χ0n) is 10.4. The number of amides is 1. The molecule has 1 aliphatic carbocycles. The lowest BCUT2D eigenvalue weighted by molar-refractivity contribution is 0.0946. The second-order valence-electron chi connectivity index (χ2n) is 4.63. The van der Waals surface area contributed by atoms with Crippen LogP contribution in [0.15, 0.2) is 27.2 Å². The molecule has 3 rings (SSSR count). The second-order valence-corrected chi connectivity index (χ2v) is 6.65. The predicted molar refractivity (Wildman–Crippen MR) is 84.3 cm³/mol. The predicted octanol–water partition coefficient (Wildman–Crippen LogP) is 3.24. The molecule has 0 saturated heterocycles. The third kappa shape index (κ3) is 3.20. The van der Waals surface area contributed by atoms with Gasteiger partial charge in [-0.1, -0.05) is 5.16 Å². The third-order valence-electron chi connectivity index (χ3n) is 3.01. The first-order valence-corrected chi connectivity index (χ1v) is 8.06. The van der Waals surface area contributed by atoms with Gasteiger partial charge >= 0.3 is 0 Å². The average Bonchev–Trinajstić information content (AvgIpc) is 3.18. The number of aromatic nitrogens is 2. The fraction of sp³-hybridized carbons (Fsp3) is 0.308. The summed E-state index contributed by atoms with van der Waals surface area (Å²) in [5.41, 5.74) is 0.597. The maximum absolute atomic E-state index is 12.0. The Hall–Kier alpha value is -0.960. The molecular formula is C13H11BrIN3O2. The first-order valence-electron chi connectivity index (χ1n) is 6.19. The highest BCUT2D eigenvalue weighted by Crippen LogP contribution is 2.38. The Kier molecular flexibility index (Phi) is 4.06. The van der Waals surface area contributed by atoms with Crippen LogP contribution < -0.4 is 5.32 Å². The van der Waals surface area contributed by atoms with E-state index in [0.717, 1.165) is 26.7 Å². The van der Waals surface area contributed by atoms with Crippen LogP contribution in [0.25, 0.3) is 0 Å². The number of hydrogen-bond donors (Lipinski definition) is 1. The largest absolute Gasteiger partial charge is 0.343 e. The Balaban J connectivity index is 1.61. The maximum Gasteiger partial charge on any atom is 0.251 e. The Morgan fingerprint density at radius 1 is 1.50 bits per heavy atom. The highest BCUT2D eigenvalue weighted by Gasteiger charge is 2.28. The molecule has 1 N–H and O–H groups in total. The minimum Gasteiger partial charge on any atom is -0.343 e. The Morgan fingerprint density at radius 3 is 3.00 bits per heavy atom. The first kappa shape index (κ1) is 14.0. The molecule has 0 aliphatic heterocycles. The summed E-state index contributed by atoms with van der Waals surface area (Å²) in [6.07, 6.45) is 2.25. The maximum atomic E-state index is 12.0. The summed E-state index contributed by atoms with van der Waals surface area (Å²) in [6, 6.07) is 5.46. The van der Waals surface area contributed by atoms with Crippen LogP contribution in [-0.4, -0.2) is 16.0 Å². The van der Waals surface area contributed by atoms with E-state index in [4.69, 9.17) is 4.52 Å². The molecule has 0 spiro atoms. The summed E-state index contributed by atoms with van der Waals surface area (Å²) in [4.78, 5) is 16.3. The van der Waals surface area contributed by atoms with E-state index in [-0.39, 0.29) is 12.5 Å². The lowest BCUT2D eigenvalue weighted by Crippen LogP contribution is -2.23. The first-order chi connectivity index (χ1) is 9.63. The van der Waals surface area contributed by atoms with Crippen molar-refractivity contribution in [3.63, 3.8) is 0 Å². The van der Waals surface area contributed by atoms with Gasteiger partial charge < -0.3 is 9.84 Å². The summed E-state index contributed by atoms with van der Waals surface area (Å²) in [5.74, 6) is 1.50. The number of carbonyl (C=O) groups excluding carboxylic acids is 1. The highest BCUT2D eigenvalue weighted by atomic mass is 127. The molecule has 1 aromatic heterocycles. The topological polar surface area (TPSA) is 68.0 Å². The average molecular weight is 448 g/mol. The van der Waals surface area contributed by atoms with Gasteiger partial charge in [0, 0.05) is 19.5 Å². The van der Waals surface area contributed by atoms with E-state index >= 15 is 0 Å². The van der Waals surface area contributed by atoms with Gasteiger partial charge in [-0.05, 0) is 69.6 Å². The van der Waals surface area contributed by atoms with E-state index in [2.05, 4.69) is 54.0 Å². The Labute approximate surface area is 137 Å². The fourth-order valence-corrected chi connectivity index (χ4v) is 2.46. The summed E-state index contributed by atoms with van der Waals surface area (Å²) in [5, 5.41) is 6.68. The second kappa shape index (κ2) is 5.80. The lowest BCUT2D eigenvalue weighted by Gasteiger charge is -2.03. The Bertz CT molecular complexity index is 655. The lowest BCUT2D eigenvalue weighted by atomic mass is 10.2. The summed E-state index contributed by atoms with van der Waals surface area (Å²) in [7, 11) is 0. The molecule has 20 heavy (non-hydrogen) atoms. The SMILES string of the molecule is O=C(NCc1nc(C2CC2)no1)c1ccc(I)c(Br)c1. The number of halogens is 2. The van der Waals surface area contributed by atoms with Crippen molar-refractivity contribution in [2.24, 2.45) is 0 Å². The van der Waals surface area contributed by atoms with Crippen molar-refractivity contribution in [3.05, 3.63) is 43.5 Å². The molecule has 2 aromatic rings. The van der Waals surface area contributed by atoms with Gasteiger partial charge in [-0.15, -0.1) is 0 Å².